The van der Waals surface area contributed by atoms with Crippen LogP contribution in [0, 0.1) is 6.07 Å². The molecule has 0 spiro atoms. The molecule has 3 aromatic heterocycles. The van der Waals surface area contributed by atoms with E-state index >= 15 is 0 Å². The molecular weight excluding hydrogens is 894 g/mol. The SMILES string of the molecule is Oc1ccccc1-c1nc2c(-c3[c-]c(-c4cc5c(cn4)oc4c6ccccc6ccc54)cc(-c4ccccc4)c3)cccc2n1-c1ccccc1-c1ccccc1.[Pt]. The van der Waals surface area contributed by atoms with Gasteiger partial charge < -0.3 is 9.52 Å². The van der Waals surface area contributed by atoms with E-state index in [4.69, 9.17) is 14.4 Å². The van der Waals surface area contributed by atoms with Gasteiger partial charge in [-0.05, 0) is 46.8 Å². The van der Waals surface area contributed by atoms with Crippen molar-refractivity contribution < 1.29 is 30.6 Å². The van der Waals surface area contributed by atoms with Crippen molar-refractivity contribution >= 4 is 43.7 Å². The molecule has 0 unspecified atom stereocenters. The van der Waals surface area contributed by atoms with Gasteiger partial charge in [0.15, 0.2) is 5.58 Å². The van der Waals surface area contributed by atoms with Gasteiger partial charge >= 0.3 is 0 Å². The van der Waals surface area contributed by atoms with Crippen LogP contribution in [0.5, 0.6) is 5.75 Å². The van der Waals surface area contributed by atoms with Crippen molar-refractivity contribution in [3.8, 4) is 67.5 Å². The number of fused-ring (bicyclic) bond motifs is 6. The molecule has 0 amide bonds. The summed E-state index contributed by atoms with van der Waals surface area (Å²) in [7, 11) is 0. The number of pyridine rings is 1. The second-order valence-electron chi connectivity index (χ2n) is 14.2. The number of rotatable bonds is 6. The molecule has 3 heterocycles. The smallest absolute Gasteiger partial charge is 0.152 e. The first-order valence-corrected chi connectivity index (χ1v) is 19.0. The number of furan rings is 1. The van der Waals surface area contributed by atoms with E-state index in [1.165, 1.54) is 0 Å². The van der Waals surface area contributed by atoms with E-state index in [1.54, 1.807) is 6.07 Å². The van der Waals surface area contributed by atoms with Crippen LogP contribution in [0.2, 0.25) is 0 Å². The summed E-state index contributed by atoms with van der Waals surface area (Å²) >= 11 is 0. The fourth-order valence-electron chi connectivity index (χ4n) is 8.14. The molecule has 0 fully saturated rings. The number of aromatic hydroxyl groups is 1. The van der Waals surface area contributed by atoms with Gasteiger partial charge in [0, 0.05) is 48.5 Å². The standard InChI is InChI=1S/C52H32N3O2.Pt/c56-48-25-12-10-21-43(48)52-54-50-40(22-13-24-47(50)55(52)46-23-11-9-19-39(46)34-16-5-2-6-17-34)37-28-36(33-14-3-1-4-15-33)29-38(30-37)45-31-44-42-27-26-35-18-7-8-20-41(35)51(42)57-49(44)32-53-45;/h1-29,31-32,56H;/q-1;. The average Bonchev–Trinajstić information content (AvgIpc) is 3.86. The summed E-state index contributed by atoms with van der Waals surface area (Å²) in [5, 5.41) is 15.5. The van der Waals surface area contributed by atoms with Crippen LogP contribution in [0.4, 0.5) is 0 Å². The zero-order chi connectivity index (χ0) is 37.9. The van der Waals surface area contributed by atoms with Gasteiger partial charge in [0.2, 0.25) is 0 Å². The van der Waals surface area contributed by atoms with Crippen LogP contribution >= 0.6 is 0 Å². The van der Waals surface area contributed by atoms with Gasteiger partial charge in [0.25, 0.3) is 0 Å². The molecule has 11 rings (SSSR count). The van der Waals surface area contributed by atoms with Gasteiger partial charge in [-0.25, -0.2) is 4.98 Å². The third-order valence-electron chi connectivity index (χ3n) is 10.9. The predicted octanol–water partition coefficient (Wildman–Crippen LogP) is 13.3. The normalized spacial score (nSPS) is 11.4. The molecule has 6 heteroatoms. The number of phenols is 1. The van der Waals surface area contributed by atoms with Gasteiger partial charge in [-0.15, -0.1) is 23.8 Å². The van der Waals surface area contributed by atoms with Crippen LogP contribution in [-0.4, -0.2) is 19.6 Å². The van der Waals surface area contributed by atoms with Crippen LogP contribution in [0.3, 0.4) is 0 Å². The molecule has 0 bridgehead atoms. The first kappa shape index (κ1) is 35.3. The van der Waals surface area contributed by atoms with Gasteiger partial charge in [0.1, 0.15) is 17.2 Å². The number of aromatic nitrogens is 3. The van der Waals surface area contributed by atoms with Crippen molar-refractivity contribution in [3.63, 3.8) is 0 Å². The molecule has 1 N–H and O–H groups in total. The zero-order valence-electron chi connectivity index (χ0n) is 30.9. The number of imidazole rings is 1. The fourth-order valence-corrected chi connectivity index (χ4v) is 8.14. The van der Waals surface area contributed by atoms with Crippen LogP contribution in [0.15, 0.2) is 193 Å². The molecule has 278 valence electrons. The number of phenolic OH excluding ortho intramolecular Hbond substituents is 1. The maximum atomic E-state index is 11.3. The van der Waals surface area contributed by atoms with Crippen molar-refractivity contribution in [3.05, 3.63) is 194 Å². The molecule has 0 saturated carbocycles. The van der Waals surface area contributed by atoms with E-state index in [1.807, 2.05) is 54.7 Å². The summed E-state index contributed by atoms with van der Waals surface area (Å²) in [5.41, 5.74) is 12.6. The molecule has 58 heavy (non-hydrogen) atoms. The van der Waals surface area contributed by atoms with Crippen molar-refractivity contribution in [2.75, 3.05) is 0 Å². The minimum atomic E-state index is 0. The number of hydrogen-bond acceptors (Lipinski definition) is 4. The van der Waals surface area contributed by atoms with Crippen LogP contribution in [-0.2, 0) is 21.1 Å². The second-order valence-corrected chi connectivity index (χ2v) is 14.2. The van der Waals surface area contributed by atoms with Crippen LogP contribution in [0.1, 0.15) is 0 Å². The van der Waals surface area contributed by atoms with Crippen molar-refractivity contribution in [2.45, 2.75) is 0 Å². The number of benzene rings is 8. The van der Waals surface area contributed by atoms with E-state index < -0.39 is 0 Å². The molecule has 0 saturated heterocycles. The summed E-state index contributed by atoms with van der Waals surface area (Å²) < 4.78 is 8.59. The van der Waals surface area contributed by atoms with E-state index in [-0.39, 0.29) is 26.8 Å². The Morgan fingerprint density at radius 3 is 2.05 bits per heavy atom. The van der Waals surface area contributed by atoms with E-state index in [0.29, 0.717) is 11.4 Å². The van der Waals surface area contributed by atoms with Crippen LogP contribution < -0.4 is 0 Å². The third-order valence-corrected chi connectivity index (χ3v) is 10.9. The molecule has 8 aromatic carbocycles. The van der Waals surface area contributed by atoms with Crippen LogP contribution in [0.25, 0.3) is 105 Å². The maximum Gasteiger partial charge on any atom is 0.152 e. The Bertz CT molecular complexity index is 3320. The molecule has 0 aliphatic rings. The topological polar surface area (TPSA) is 64.1 Å². The summed E-state index contributed by atoms with van der Waals surface area (Å²) in [6.45, 7) is 0. The third kappa shape index (κ3) is 5.91. The monoisotopic (exact) mass is 925 g/mol. The predicted molar refractivity (Wildman–Crippen MR) is 231 cm³/mol. The Hall–Kier alpha value is -7.07. The number of para-hydroxylation sites is 3. The Morgan fingerprint density at radius 1 is 0.534 bits per heavy atom. The van der Waals surface area contributed by atoms with Crippen molar-refractivity contribution in [1.29, 1.82) is 0 Å². The quantitative estimate of drug-likeness (QED) is 0.169. The molecule has 11 aromatic rings. The minimum Gasteiger partial charge on any atom is -0.507 e. The summed E-state index contributed by atoms with van der Waals surface area (Å²) in [4.78, 5) is 10.3. The summed E-state index contributed by atoms with van der Waals surface area (Å²) in [6, 6.07) is 65.6. The first-order chi connectivity index (χ1) is 28.2. The summed E-state index contributed by atoms with van der Waals surface area (Å²) in [5.74, 6) is 0.804. The largest absolute Gasteiger partial charge is 0.507 e. The molecule has 0 radical (unpaired) electrons. The Balaban J connectivity index is 0.00000408. The molecular formula is C52H32N3O2Pt-. The Morgan fingerprint density at radius 2 is 1.22 bits per heavy atom. The van der Waals surface area contributed by atoms with Gasteiger partial charge in [0.05, 0.1) is 28.5 Å². The van der Waals surface area contributed by atoms with E-state index in [2.05, 4.69) is 138 Å². The molecule has 0 atom stereocenters. The van der Waals surface area contributed by atoms with Gasteiger partial charge in [-0.2, -0.15) is 0 Å². The van der Waals surface area contributed by atoms with Gasteiger partial charge in [-0.3, -0.25) is 9.55 Å². The first-order valence-electron chi connectivity index (χ1n) is 19.0. The van der Waals surface area contributed by atoms with Crippen molar-refractivity contribution in [1.82, 2.24) is 14.5 Å². The van der Waals surface area contributed by atoms with E-state index in [9.17, 15) is 5.11 Å². The minimum absolute atomic E-state index is 0. The Labute approximate surface area is 348 Å². The second kappa shape index (κ2) is 14.5. The molecule has 5 nitrogen and oxygen atoms in total. The number of nitrogens with zero attached hydrogens (tertiary/aromatic N) is 3. The van der Waals surface area contributed by atoms with E-state index in [0.717, 1.165) is 94.1 Å². The maximum absolute atomic E-state index is 11.3. The zero-order valence-corrected chi connectivity index (χ0v) is 33.2. The van der Waals surface area contributed by atoms with Gasteiger partial charge in [-0.1, -0.05) is 156 Å². The average molecular weight is 926 g/mol. The Kier molecular flexibility index (Phi) is 8.81. The van der Waals surface area contributed by atoms with Crippen molar-refractivity contribution in [2.24, 2.45) is 0 Å². The molecule has 0 aliphatic carbocycles. The summed E-state index contributed by atoms with van der Waals surface area (Å²) in [6.07, 6.45) is 1.83. The fraction of sp³-hybridized carbons (Fsp3) is 0. The number of hydrogen-bond donors (Lipinski definition) is 1. The molecule has 0 aliphatic heterocycles.